The van der Waals surface area contributed by atoms with Crippen LogP contribution in [0.1, 0.15) is 42.5 Å². The Kier molecular flexibility index (Phi) is 8.34. The Balaban J connectivity index is 1.20. The molecule has 6 rings (SSSR count). The molecule has 12 heteroatoms. The lowest BCUT2D eigenvalue weighted by molar-refractivity contribution is 0.130. The Morgan fingerprint density at radius 1 is 1.07 bits per heavy atom. The fourth-order valence-electron chi connectivity index (χ4n) is 5.61. The van der Waals surface area contributed by atoms with Gasteiger partial charge in [-0.1, -0.05) is 54.4 Å². The maximum absolute atomic E-state index is 15.0. The topological polar surface area (TPSA) is 129 Å². The molecule has 0 spiro atoms. The SMILES string of the molecule is Cc1ccc(S(=O)(=O)n2cc(-c3ncc(F)c(C[C@@H]4CCC[C@H](NC(=O)OCc5ccccc5)C4)n3)c3cncnc32)cc1. The van der Waals surface area contributed by atoms with Gasteiger partial charge >= 0.3 is 6.09 Å². The van der Waals surface area contributed by atoms with E-state index in [-0.39, 0.29) is 40.6 Å². The smallest absolute Gasteiger partial charge is 0.407 e. The van der Waals surface area contributed by atoms with Crippen molar-refractivity contribution >= 4 is 27.1 Å². The number of amides is 1. The summed E-state index contributed by atoms with van der Waals surface area (Å²) in [6, 6.07) is 15.9. The Morgan fingerprint density at radius 2 is 1.86 bits per heavy atom. The first-order valence-electron chi connectivity index (χ1n) is 14.4. The minimum atomic E-state index is -3.99. The Hall–Kier alpha value is -4.71. The van der Waals surface area contributed by atoms with Crippen molar-refractivity contribution in [2.24, 2.45) is 5.92 Å². The molecule has 1 saturated carbocycles. The number of rotatable bonds is 8. The van der Waals surface area contributed by atoms with Gasteiger partial charge in [0.2, 0.25) is 0 Å². The normalized spacial score (nSPS) is 17.0. The number of nitrogens with one attached hydrogen (secondary N) is 1. The number of alkyl carbamates (subject to hydrolysis) is 1. The van der Waals surface area contributed by atoms with Gasteiger partial charge in [-0.15, -0.1) is 0 Å². The molecule has 44 heavy (non-hydrogen) atoms. The third kappa shape index (κ3) is 6.30. The molecule has 0 unspecified atom stereocenters. The molecule has 3 heterocycles. The Morgan fingerprint density at radius 3 is 2.66 bits per heavy atom. The molecule has 1 amide bonds. The van der Waals surface area contributed by atoms with Crippen molar-refractivity contribution < 1.29 is 22.3 Å². The zero-order valence-corrected chi connectivity index (χ0v) is 24.9. The summed E-state index contributed by atoms with van der Waals surface area (Å²) in [6.45, 7) is 2.06. The predicted octanol–water partition coefficient (Wildman–Crippen LogP) is 5.60. The molecule has 1 aliphatic rings. The Labute approximate surface area is 254 Å². The fraction of sp³-hybridized carbons (Fsp3) is 0.281. The van der Waals surface area contributed by atoms with Crippen LogP contribution in [0.2, 0.25) is 0 Å². The van der Waals surface area contributed by atoms with E-state index in [1.165, 1.54) is 18.7 Å². The van der Waals surface area contributed by atoms with Crippen molar-refractivity contribution in [2.45, 2.75) is 56.6 Å². The summed E-state index contributed by atoms with van der Waals surface area (Å²) in [7, 11) is -3.99. The average Bonchev–Trinajstić information content (AvgIpc) is 3.43. The number of fused-ring (bicyclic) bond motifs is 1. The molecule has 5 aromatic rings. The first-order chi connectivity index (χ1) is 21.3. The van der Waals surface area contributed by atoms with Crippen LogP contribution in [-0.2, 0) is 27.8 Å². The van der Waals surface area contributed by atoms with Crippen LogP contribution in [0.15, 0.2) is 84.4 Å². The van der Waals surface area contributed by atoms with Crippen LogP contribution in [0.25, 0.3) is 22.4 Å². The standard InChI is InChI=1S/C32H31FN6O4S/c1-21-10-12-25(13-11-21)44(41,42)39-18-27(26-16-34-20-36-31(26)39)30-35-17-28(33)29(38-30)15-23-8-5-9-24(14-23)37-32(40)43-19-22-6-3-2-4-7-22/h2-4,6-7,10-13,16-18,20,23-24H,5,8-9,14-15,19H2,1H3,(H,37,40)/t23-,24+/m1/s1. The van der Waals surface area contributed by atoms with E-state index in [0.29, 0.717) is 23.8 Å². The molecule has 0 radical (unpaired) electrons. The highest BCUT2D eigenvalue weighted by Gasteiger charge is 2.27. The summed E-state index contributed by atoms with van der Waals surface area (Å²) in [5, 5.41) is 3.38. The third-order valence-electron chi connectivity index (χ3n) is 7.87. The molecule has 1 N–H and O–H groups in total. The van der Waals surface area contributed by atoms with Crippen LogP contribution in [0.4, 0.5) is 9.18 Å². The van der Waals surface area contributed by atoms with E-state index in [9.17, 15) is 13.2 Å². The minimum absolute atomic E-state index is 0.0759. The second-order valence-electron chi connectivity index (χ2n) is 11.0. The van der Waals surface area contributed by atoms with Gasteiger partial charge in [-0.05, 0) is 56.2 Å². The molecule has 10 nitrogen and oxygen atoms in total. The van der Waals surface area contributed by atoms with Gasteiger partial charge in [0.25, 0.3) is 10.0 Å². The summed E-state index contributed by atoms with van der Waals surface area (Å²) < 4.78 is 48.6. The number of nitrogens with zero attached hydrogens (tertiary/aromatic N) is 5. The molecule has 0 aliphatic heterocycles. The number of aryl methyl sites for hydroxylation is 1. The van der Waals surface area contributed by atoms with Crippen LogP contribution >= 0.6 is 0 Å². The number of carbonyl (C=O) groups excluding carboxylic acids is 1. The van der Waals surface area contributed by atoms with E-state index >= 15 is 4.39 Å². The van der Waals surface area contributed by atoms with Crippen molar-refractivity contribution in [2.75, 3.05) is 0 Å². The molecule has 2 atom stereocenters. The molecule has 1 aliphatic carbocycles. The quantitative estimate of drug-likeness (QED) is 0.239. The van der Waals surface area contributed by atoms with Crippen molar-refractivity contribution in [3.63, 3.8) is 0 Å². The largest absolute Gasteiger partial charge is 0.445 e. The van der Waals surface area contributed by atoms with Crippen molar-refractivity contribution in [3.05, 3.63) is 102 Å². The zero-order chi connectivity index (χ0) is 30.7. The highest BCUT2D eigenvalue weighted by atomic mass is 32.2. The molecular weight excluding hydrogens is 583 g/mol. The fourth-order valence-corrected chi connectivity index (χ4v) is 6.93. The summed E-state index contributed by atoms with van der Waals surface area (Å²) in [5.41, 5.74) is 2.61. The summed E-state index contributed by atoms with van der Waals surface area (Å²) >= 11 is 0. The Bertz CT molecular complexity index is 1900. The number of aromatic nitrogens is 5. The molecule has 226 valence electrons. The molecule has 0 bridgehead atoms. The van der Waals surface area contributed by atoms with Crippen molar-refractivity contribution in [3.8, 4) is 11.4 Å². The van der Waals surface area contributed by atoms with Gasteiger partial charge in [0.1, 0.15) is 12.9 Å². The maximum Gasteiger partial charge on any atom is 0.407 e. The predicted molar refractivity (Wildman–Crippen MR) is 161 cm³/mol. The summed E-state index contributed by atoms with van der Waals surface area (Å²) in [6.07, 6.45) is 8.35. The van der Waals surface area contributed by atoms with Gasteiger partial charge in [-0.2, -0.15) is 0 Å². The lowest BCUT2D eigenvalue weighted by atomic mass is 9.83. The van der Waals surface area contributed by atoms with Gasteiger partial charge in [0.05, 0.1) is 16.8 Å². The van der Waals surface area contributed by atoms with Gasteiger partial charge in [-0.3, -0.25) is 0 Å². The highest BCUT2D eigenvalue weighted by Crippen LogP contribution is 2.32. The van der Waals surface area contributed by atoms with E-state index < -0.39 is 21.9 Å². The number of hydrogen-bond acceptors (Lipinski definition) is 8. The monoisotopic (exact) mass is 614 g/mol. The summed E-state index contributed by atoms with van der Waals surface area (Å²) in [4.78, 5) is 29.6. The number of ether oxygens (including phenoxy) is 1. The second kappa shape index (κ2) is 12.5. The molecule has 1 fully saturated rings. The zero-order valence-electron chi connectivity index (χ0n) is 24.1. The number of carbonyl (C=O) groups is 1. The number of hydrogen-bond donors (Lipinski definition) is 1. The van der Waals surface area contributed by atoms with E-state index in [2.05, 4.69) is 25.3 Å². The number of benzene rings is 2. The van der Waals surface area contributed by atoms with Gasteiger partial charge in [0.15, 0.2) is 17.3 Å². The molecule has 0 saturated heterocycles. The maximum atomic E-state index is 15.0. The van der Waals surface area contributed by atoms with Crippen LogP contribution in [0.5, 0.6) is 0 Å². The molecular formula is C32H31FN6O4S. The van der Waals surface area contributed by atoms with Gasteiger partial charge in [-0.25, -0.2) is 41.5 Å². The van der Waals surface area contributed by atoms with Gasteiger partial charge < -0.3 is 10.1 Å². The highest BCUT2D eigenvalue weighted by molar-refractivity contribution is 7.90. The van der Waals surface area contributed by atoms with Crippen LogP contribution in [-0.4, -0.2) is 44.5 Å². The first kappa shape index (κ1) is 29.4. The molecule has 3 aromatic heterocycles. The third-order valence-corrected chi connectivity index (χ3v) is 9.54. The second-order valence-corrected chi connectivity index (χ2v) is 12.9. The minimum Gasteiger partial charge on any atom is -0.445 e. The van der Waals surface area contributed by atoms with Crippen LogP contribution in [0, 0.1) is 18.7 Å². The first-order valence-corrected chi connectivity index (χ1v) is 15.8. The van der Waals surface area contributed by atoms with Crippen molar-refractivity contribution in [1.29, 1.82) is 0 Å². The average molecular weight is 615 g/mol. The van der Waals surface area contributed by atoms with E-state index in [1.807, 2.05) is 37.3 Å². The van der Waals surface area contributed by atoms with Gasteiger partial charge in [0, 0.05) is 29.4 Å². The van der Waals surface area contributed by atoms with Crippen LogP contribution in [0.3, 0.4) is 0 Å². The van der Waals surface area contributed by atoms with E-state index in [1.54, 1.807) is 24.3 Å². The van der Waals surface area contributed by atoms with Crippen LogP contribution < -0.4 is 5.32 Å². The lowest BCUT2D eigenvalue weighted by Gasteiger charge is -2.29. The van der Waals surface area contributed by atoms with Crippen molar-refractivity contribution in [1.82, 2.24) is 29.2 Å². The van der Waals surface area contributed by atoms with E-state index in [4.69, 9.17) is 4.74 Å². The lowest BCUT2D eigenvalue weighted by Crippen LogP contribution is -2.39. The molecule has 2 aromatic carbocycles. The number of halogens is 1. The summed E-state index contributed by atoms with van der Waals surface area (Å²) in [5.74, 6) is -0.292. The van der Waals surface area contributed by atoms with E-state index in [0.717, 1.165) is 40.6 Å².